The van der Waals surface area contributed by atoms with Crippen LogP contribution in [0.1, 0.15) is 19.8 Å². The summed E-state index contributed by atoms with van der Waals surface area (Å²) in [5, 5.41) is 12.2. The quantitative estimate of drug-likeness (QED) is 0.462. The summed E-state index contributed by atoms with van der Waals surface area (Å²) in [6.45, 7) is 3.03. The number of nitrogens with one attached hydrogen (secondary N) is 1. The maximum atomic E-state index is 12.5. The molecule has 0 unspecified atom stereocenters. The van der Waals surface area contributed by atoms with Crippen LogP contribution in [-0.4, -0.2) is 36.5 Å². The molecule has 1 aliphatic heterocycles. The molecule has 1 N–H and O–H groups in total. The molecule has 7 heteroatoms. The summed E-state index contributed by atoms with van der Waals surface area (Å²) in [5.74, 6) is -0.698. The Morgan fingerprint density at radius 2 is 2.00 bits per heavy atom. The second-order valence-corrected chi connectivity index (χ2v) is 6.56. The van der Waals surface area contributed by atoms with E-state index in [1.54, 1.807) is 11.8 Å². The Morgan fingerprint density at radius 3 is 2.56 bits per heavy atom. The van der Waals surface area contributed by atoms with Crippen LogP contribution in [0.25, 0.3) is 0 Å². The van der Waals surface area contributed by atoms with Gasteiger partial charge in [0.2, 0.25) is 0 Å². The summed E-state index contributed by atoms with van der Waals surface area (Å²) < 4.78 is 5.97. The van der Waals surface area contributed by atoms with E-state index in [-0.39, 0.29) is 23.4 Å². The van der Waals surface area contributed by atoms with Crippen molar-refractivity contribution in [1.82, 2.24) is 4.90 Å². The van der Waals surface area contributed by atoms with Crippen LogP contribution < -0.4 is 5.32 Å². The predicted octanol–water partition coefficient (Wildman–Crippen LogP) is 3.07. The number of hydrogen-bond donors (Lipinski definition) is 1. The van der Waals surface area contributed by atoms with E-state index in [0.717, 1.165) is 10.2 Å². The van der Waals surface area contributed by atoms with Crippen molar-refractivity contribution in [2.24, 2.45) is 5.92 Å². The van der Waals surface area contributed by atoms with E-state index in [4.69, 9.17) is 4.74 Å². The SMILES string of the molecule is CCOC(=O)C1CCN(C(=O)/C(C#N)=C\Nc2ccc(Br)cc2)CC1. The Kier molecular flexibility index (Phi) is 7.02. The fourth-order valence-electron chi connectivity index (χ4n) is 2.59. The van der Waals surface area contributed by atoms with E-state index < -0.39 is 0 Å². The Morgan fingerprint density at radius 1 is 1.36 bits per heavy atom. The molecule has 132 valence electrons. The fraction of sp³-hybridized carbons (Fsp3) is 0.389. The minimum absolute atomic E-state index is 0.0394. The third-order valence-corrected chi connectivity index (χ3v) is 4.51. The fourth-order valence-corrected chi connectivity index (χ4v) is 2.86. The first-order valence-corrected chi connectivity index (χ1v) is 8.92. The van der Waals surface area contributed by atoms with Gasteiger partial charge in [-0.3, -0.25) is 9.59 Å². The van der Waals surface area contributed by atoms with Gasteiger partial charge >= 0.3 is 5.97 Å². The van der Waals surface area contributed by atoms with Gasteiger partial charge < -0.3 is 15.0 Å². The summed E-state index contributed by atoms with van der Waals surface area (Å²) in [6.07, 6.45) is 2.54. The topological polar surface area (TPSA) is 82.4 Å². The lowest BCUT2D eigenvalue weighted by atomic mass is 9.96. The van der Waals surface area contributed by atoms with E-state index in [0.29, 0.717) is 32.5 Å². The molecule has 0 saturated carbocycles. The van der Waals surface area contributed by atoms with Crippen molar-refractivity contribution in [1.29, 1.82) is 5.26 Å². The minimum Gasteiger partial charge on any atom is -0.466 e. The highest BCUT2D eigenvalue weighted by Gasteiger charge is 2.29. The van der Waals surface area contributed by atoms with E-state index in [1.165, 1.54) is 6.20 Å². The number of carbonyl (C=O) groups excluding carboxylic acids is 2. The Bertz CT molecular complexity index is 687. The molecule has 1 fully saturated rings. The van der Waals surface area contributed by atoms with Crippen molar-refractivity contribution in [2.45, 2.75) is 19.8 Å². The molecule has 1 heterocycles. The number of nitriles is 1. The summed E-state index contributed by atoms with van der Waals surface area (Å²) in [4.78, 5) is 25.8. The van der Waals surface area contributed by atoms with Crippen molar-refractivity contribution in [3.05, 3.63) is 40.5 Å². The number of likely N-dealkylation sites (tertiary alicyclic amines) is 1. The Balaban J connectivity index is 1.94. The van der Waals surface area contributed by atoms with Gasteiger partial charge in [-0.25, -0.2) is 0 Å². The summed E-state index contributed by atoms with van der Waals surface area (Å²) in [5.41, 5.74) is 0.822. The third-order valence-electron chi connectivity index (χ3n) is 3.98. The zero-order valence-corrected chi connectivity index (χ0v) is 15.6. The van der Waals surface area contributed by atoms with E-state index in [2.05, 4.69) is 21.2 Å². The number of nitrogens with zero attached hydrogens (tertiary/aromatic N) is 2. The highest BCUT2D eigenvalue weighted by Crippen LogP contribution is 2.20. The number of ether oxygens (including phenoxy) is 1. The highest BCUT2D eigenvalue weighted by atomic mass is 79.9. The van der Waals surface area contributed by atoms with Crippen LogP contribution in [0.15, 0.2) is 40.5 Å². The molecule has 6 nitrogen and oxygen atoms in total. The highest BCUT2D eigenvalue weighted by molar-refractivity contribution is 9.10. The lowest BCUT2D eigenvalue weighted by molar-refractivity contribution is -0.150. The molecule has 0 bridgehead atoms. The van der Waals surface area contributed by atoms with Gasteiger partial charge in [-0.2, -0.15) is 5.26 Å². The van der Waals surface area contributed by atoms with E-state index >= 15 is 0 Å². The summed E-state index contributed by atoms with van der Waals surface area (Å²) in [7, 11) is 0. The van der Waals surface area contributed by atoms with Crippen molar-refractivity contribution < 1.29 is 14.3 Å². The molecule has 0 radical (unpaired) electrons. The van der Waals surface area contributed by atoms with Gasteiger partial charge in [-0.05, 0) is 44.0 Å². The second kappa shape index (κ2) is 9.23. The second-order valence-electron chi connectivity index (χ2n) is 5.64. The number of piperidine rings is 1. The first-order chi connectivity index (χ1) is 12.0. The molecule has 0 atom stereocenters. The van der Waals surface area contributed by atoms with Crippen molar-refractivity contribution in [3.8, 4) is 6.07 Å². The standard InChI is InChI=1S/C18H20BrN3O3/c1-2-25-18(24)13-7-9-22(10-8-13)17(23)14(11-20)12-21-16-5-3-15(19)4-6-16/h3-6,12-13,21H,2,7-10H2,1H3/b14-12-. The van der Waals surface area contributed by atoms with Crippen molar-refractivity contribution in [2.75, 3.05) is 25.0 Å². The molecule has 2 rings (SSSR count). The van der Waals surface area contributed by atoms with Gasteiger partial charge in [-0.1, -0.05) is 15.9 Å². The number of amides is 1. The molecule has 0 aliphatic carbocycles. The van der Waals surface area contributed by atoms with Crippen LogP contribution in [0.2, 0.25) is 0 Å². The average Bonchev–Trinajstić information content (AvgIpc) is 2.64. The van der Waals surface area contributed by atoms with Gasteiger partial charge in [0.15, 0.2) is 0 Å². The van der Waals surface area contributed by atoms with Crippen LogP contribution >= 0.6 is 15.9 Å². The van der Waals surface area contributed by atoms with Crippen LogP contribution in [0.3, 0.4) is 0 Å². The summed E-state index contributed by atoms with van der Waals surface area (Å²) >= 11 is 3.35. The molecule has 1 saturated heterocycles. The maximum Gasteiger partial charge on any atom is 0.309 e. The first-order valence-electron chi connectivity index (χ1n) is 8.13. The molecule has 0 spiro atoms. The number of carbonyl (C=O) groups is 2. The van der Waals surface area contributed by atoms with Crippen molar-refractivity contribution >= 4 is 33.5 Å². The van der Waals surface area contributed by atoms with E-state index in [1.807, 2.05) is 30.3 Å². The lowest BCUT2D eigenvalue weighted by Crippen LogP contribution is -2.41. The monoisotopic (exact) mass is 405 g/mol. The molecule has 25 heavy (non-hydrogen) atoms. The molecule has 1 aromatic rings. The summed E-state index contributed by atoms with van der Waals surface area (Å²) in [6, 6.07) is 9.35. The third kappa shape index (κ3) is 5.33. The predicted molar refractivity (Wildman–Crippen MR) is 97.4 cm³/mol. The lowest BCUT2D eigenvalue weighted by Gasteiger charge is -2.30. The Labute approximate surface area is 155 Å². The molecular weight excluding hydrogens is 386 g/mol. The van der Waals surface area contributed by atoms with Gasteiger partial charge in [-0.15, -0.1) is 0 Å². The smallest absolute Gasteiger partial charge is 0.309 e. The molecule has 1 aromatic carbocycles. The normalized spacial score (nSPS) is 15.4. The number of rotatable bonds is 5. The van der Waals surface area contributed by atoms with Gasteiger partial charge in [0.1, 0.15) is 11.6 Å². The zero-order chi connectivity index (χ0) is 18.2. The van der Waals surface area contributed by atoms with Crippen molar-refractivity contribution in [3.63, 3.8) is 0 Å². The number of halogens is 1. The number of hydrogen-bond acceptors (Lipinski definition) is 5. The van der Waals surface area contributed by atoms with Gasteiger partial charge in [0, 0.05) is 29.4 Å². The van der Waals surface area contributed by atoms with Crippen LogP contribution in [0.4, 0.5) is 5.69 Å². The maximum absolute atomic E-state index is 12.5. The molecule has 0 aromatic heterocycles. The van der Waals surface area contributed by atoms with Crippen LogP contribution in [0, 0.1) is 17.2 Å². The van der Waals surface area contributed by atoms with Gasteiger partial charge in [0.25, 0.3) is 5.91 Å². The van der Waals surface area contributed by atoms with Crippen LogP contribution in [0.5, 0.6) is 0 Å². The first kappa shape index (κ1) is 19.0. The van der Waals surface area contributed by atoms with Gasteiger partial charge in [0.05, 0.1) is 12.5 Å². The number of esters is 1. The Hall–Kier alpha value is -2.33. The average molecular weight is 406 g/mol. The molecule has 1 aliphatic rings. The van der Waals surface area contributed by atoms with Crippen LogP contribution in [-0.2, 0) is 14.3 Å². The number of benzene rings is 1. The van der Waals surface area contributed by atoms with E-state index in [9.17, 15) is 14.9 Å². The number of anilines is 1. The largest absolute Gasteiger partial charge is 0.466 e. The molecular formula is C18H20BrN3O3. The molecule has 1 amide bonds. The zero-order valence-electron chi connectivity index (χ0n) is 14.0. The minimum atomic E-state index is -0.325.